The molecule has 0 bridgehead atoms. The summed E-state index contributed by atoms with van der Waals surface area (Å²) in [6, 6.07) is 5.56. The Balaban J connectivity index is 2.37. The van der Waals surface area contributed by atoms with Crippen LogP contribution in [0.5, 0.6) is 11.5 Å². The molecule has 2 aromatic rings. The van der Waals surface area contributed by atoms with Gasteiger partial charge < -0.3 is 14.6 Å². The molecule has 0 atom stereocenters. The van der Waals surface area contributed by atoms with E-state index in [1.54, 1.807) is 14.0 Å². The van der Waals surface area contributed by atoms with Crippen LogP contribution in [-0.2, 0) is 0 Å². The van der Waals surface area contributed by atoms with Crippen molar-refractivity contribution in [2.45, 2.75) is 33.1 Å². The van der Waals surface area contributed by atoms with Crippen LogP contribution in [0.2, 0.25) is 0 Å². The average Bonchev–Trinajstić information content (AvgIpc) is 2.93. The highest BCUT2D eigenvalue weighted by Gasteiger charge is 2.19. The van der Waals surface area contributed by atoms with E-state index in [1.165, 1.54) is 0 Å². The molecule has 0 aliphatic carbocycles. The maximum atomic E-state index is 11.2. The second-order valence-electron chi connectivity index (χ2n) is 5.13. The number of nitrogens with zero attached hydrogens (tertiary/aromatic N) is 1. The van der Waals surface area contributed by atoms with Crippen LogP contribution in [0, 0.1) is 6.92 Å². The van der Waals surface area contributed by atoms with Crippen LogP contribution < -0.4 is 9.47 Å². The summed E-state index contributed by atoms with van der Waals surface area (Å²) in [4.78, 5) is 15.9. The van der Waals surface area contributed by atoms with Crippen molar-refractivity contribution in [3.05, 3.63) is 28.8 Å². The van der Waals surface area contributed by atoms with Crippen LogP contribution in [-0.4, -0.2) is 29.8 Å². The number of hydrogen-bond acceptors (Lipinski definition) is 5. The van der Waals surface area contributed by atoms with Gasteiger partial charge in [0.2, 0.25) is 0 Å². The fourth-order valence-corrected chi connectivity index (χ4v) is 3.16. The minimum absolute atomic E-state index is 0.250. The molecule has 0 unspecified atom stereocenters. The number of benzene rings is 1. The van der Waals surface area contributed by atoms with Crippen LogP contribution in [0.25, 0.3) is 10.6 Å². The molecule has 0 spiro atoms. The van der Waals surface area contributed by atoms with Crippen LogP contribution in [0.1, 0.15) is 41.6 Å². The highest BCUT2D eigenvalue weighted by molar-refractivity contribution is 7.17. The molecule has 0 saturated heterocycles. The molecular weight excluding hydrogens is 314 g/mol. The van der Waals surface area contributed by atoms with Crippen molar-refractivity contribution >= 4 is 17.3 Å². The molecule has 0 aliphatic heterocycles. The van der Waals surface area contributed by atoms with Crippen molar-refractivity contribution in [2.24, 2.45) is 0 Å². The van der Waals surface area contributed by atoms with Gasteiger partial charge >= 0.3 is 5.97 Å². The van der Waals surface area contributed by atoms with Crippen molar-refractivity contribution in [1.82, 2.24) is 4.98 Å². The molecule has 6 heteroatoms. The fraction of sp³-hybridized carbons (Fsp3) is 0.412. The van der Waals surface area contributed by atoms with Gasteiger partial charge in [-0.1, -0.05) is 25.8 Å². The summed E-state index contributed by atoms with van der Waals surface area (Å²) >= 11 is 1.15. The first kappa shape index (κ1) is 17.3. The van der Waals surface area contributed by atoms with E-state index >= 15 is 0 Å². The number of unbranched alkanes of at least 4 members (excludes halogenated alkanes) is 2. The Labute approximate surface area is 139 Å². The molecule has 0 fully saturated rings. The Kier molecular flexibility index (Phi) is 5.98. The summed E-state index contributed by atoms with van der Waals surface area (Å²) in [6.07, 6.45) is 3.19. The number of carbonyl (C=O) groups is 1. The molecule has 5 nitrogen and oxygen atoms in total. The van der Waals surface area contributed by atoms with Crippen LogP contribution in [0.3, 0.4) is 0 Å². The molecule has 0 amide bonds. The molecule has 23 heavy (non-hydrogen) atoms. The quantitative estimate of drug-likeness (QED) is 0.724. The topological polar surface area (TPSA) is 68.7 Å². The molecule has 1 N–H and O–H groups in total. The lowest BCUT2D eigenvalue weighted by atomic mass is 10.2. The average molecular weight is 335 g/mol. The monoisotopic (exact) mass is 335 g/mol. The SMILES string of the molecule is CCCCCOc1c(OC)cccc1-c1nc(C)c(C(=O)O)s1. The summed E-state index contributed by atoms with van der Waals surface area (Å²) in [7, 11) is 1.59. The number of para-hydroxylation sites is 1. The summed E-state index contributed by atoms with van der Waals surface area (Å²) in [6.45, 7) is 4.43. The maximum Gasteiger partial charge on any atom is 0.347 e. The predicted molar refractivity (Wildman–Crippen MR) is 90.8 cm³/mol. The van der Waals surface area contributed by atoms with Crippen LogP contribution in [0.15, 0.2) is 18.2 Å². The number of methoxy groups -OCH3 is 1. The van der Waals surface area contributed by atoms with Gasteiger partial charge in [0.05, 0.1) is 25.0 Å². The second kappa shape index (κ2) is 7.97. The van der Waals surface area contributed by atoms with E-state index in [0.29, 0.717) is 28.8 Å². The summed E-state index contributed by atoms with van der Waals surface area (Å²) in [5.74, 6) is 0.292. The van der Waals surface area contributed by atoms with Crippen LogP contribution in [0.4, 0.5) is 0 Å². The molecule has 0 radical (unpaired) electrons. The number of carboxylic acids is 1. The summed E-state index contributed by atoms with van der Waals surface area (Å²) in [5, 5.41) is 9.84. The van der Waals surface area contributed by atoms with Crippen molar-refractivity contribution in [1.29, 1.82) is 0 Å². The first-order chi connectivity index (χ1) is 11.1. The third-order valence-corrected chi connectivity index (χ3v) is 4.59. The van der Waals surface area contributed by atoms with Gasteiger partial charge in [-0.05, 0) is 25.5 Å². The molecule has 0 saturated carbocycles. The Bertz CT molecular complexity index is 681. The third-order valence-electron chi connectivity index (χ3n) is 3.41. The number of aromatic nitrogens is 1. The lowest BCUT2D eigenvalue weighted by molar-refractivity contribution is 0.0701. The highest BCUT2D eigenvalue weighted by atomic mass is 32.1. The Hall–Kier alpha value is -2.08. The smallest absolute Gasteiger partial charge is 0.347 e. The first-order valence-electron chi connectivity index (χ1n) is 7.59. The zero-order valence-corrected chi connectivity index (χ0v) is 14.4. The maximum absolute atomic E-state index is 11.2. The molecular formula is C17H21NO4S. The van der Waals surface area contributed by atoms with E-state index in [2.05, 4.69) is 11.9 Å². The van der Waals surface area contributed by atoms with Crippen LogP contribution >= 0.6 is 11.3 Å². The Morgan fingerprint density at radius 2 is 2.13 bits per heavy atom. The molecule has 1 heterocycles. The number of rotatable bonds is 8. The lowest BCUT2D eigenvalue weighted by Crippen LogP contribution is -2.01. The van der Waals surface area contributed by atoms with E-state index in [1.807, 2.05) is 18.2 Å². The molecule has 0 aliphatic rings. The third kappa shape index (κ3) is 4.01. The van der Waals surface area contributed by atoms with Gasteiger partial charge in [0.25, 0.3) is 0 Å². The highest BCUT2D eigenvalue weighted by Crippen LogP contribution is 2.40. The van der Waals surface area contributed by atoms with Gasteiger partial charge in [0.15, 0.2) is 11.5 Å². The van der Waals surface area contributed by atoms with Gasteiger partial charge in [0, 0.05) is 0 Å². The van der Waals surface area contributed by atoms with E-state index in [0.717, 1.165) is 36.2 Å². The van der Waals surface area contributed by atoms with Gasteiger partial charge in [0.1, 0.15) is 9.88 Å². The first-order valence-corrected chi connectivity index (χ1v) is 8.41. The predicted octanol–water partition coefficient (Wildman–Crippen LogP) is 4.39. The van der Waals surface area contributed by atoms with Crippen molar-refractivity contribution < 1.29 is 19.4 Å². The minimum Gasteiger partial charge on any atom is -0.493 e. The number of thiazole rings is 1. The van der Waals surface area contributed by atoms with E-state index in [9.17, 15) is 9.90 Å². The minimum atomic E-state index is -0.959. The van der Waals surface area contributed by atoms with Gasteiger partial charge in [-0.3, -0.25) is 0 Å². The fourth-order valence-electron chi connectivity index (χ4n) is 2.23. The van der Waals surface area contributed by atoms with Gasteiger partial charge in [-0.25, -0.2) is 9.78 Å². The number of aryl methyl sites for hydroxylation is 1. The lowest BCUT2D eigenvalue weighted by Gasteiger charge is -2.13. The Morgan fingerprint density at radius 1 is 1.35 bits per heavy atom. The number of carboxylic acid groups (broad SMARTS) is 1. The van der Waals surface area contributed by atoms with Gasteiger partial charge in [-0.2, -0.15) is 0 Å². The Morgan fingerprint density at radius 3 is 2.74 bits per heavy atom. The zero-order valence-electron chi connectivity index (χ0n) is 13.6. The normalized spacial score (nSPS) is 10.6. The number of hydrogen-bond donors (Lipinski definition) is 1. The number of aromatic carboxylic acids is 1. The van der Waals surface area contributed by atoms with Gasteiger partial charge in [-0.15, -0.1) is 11.3 Å². The van der Waals surface area contributed by atoms with E-state index in [4.69, 9.17) is 9.47 Å². The second-order valence-corrected chi connectivity index (χ2v) is 6.13. The van der Waals surface area contributed by atoms with Crippen molar-refractivity contribution in [2.75, 3.05) is 13.7 Å². The van der Waals surface area contributed by atoms with E-state index < -0.39 is 5.97 Å². The molecule has 1 aromatic heterocycles. The van der Waals surface area contributed by atoms with Crippen molar-refractivity contribution in [3.63, 3.8) is 0 Å². The largest absolute Gasteiger partial charge is 0.493 e. The summed E-state index contributed by atoms with van der Waals surface area (Å²) < 4.78 is 11.3. The van der Waals surface area contributed by atoms with Crippen molar-refractivity contribution in [3.8, 4) is 22.1 Å². The van der Waals surface area contributed by atoms with E-state index in [-0.39, 0.29) is 4.88 Å². The summed E-state index contributed by atoms with van der Waals surface area (Å²) in [5.41, 5.74) is 1.28. The molecule has 1 aromatic carbocycles. The zero-order chi connectivity index (χ0) is 16.8. The molecule has 2 rings (SSSR count). The molecule has 124 valence electrons. The number of ether oxygens (including phenoxy) is 2. The standard InChI is InChI=1S/C17H21NO4S/c1-4-5-6-10-22-14-12(8-7-9-13(14)21-3)16-18-11(2)15(23-16)17(19)20/h7-9H,4-6,10H2,1-3H3,(H,19,20).